The van der Waals surface area contributed by atoms with Gasteiger partial charge in [0.25, 0.3) is 5.91 Å². The molecule has 108 valence electrons. The highest BCUT2D eigenvalue weighted by Gasteiger charge is 2.15. The number of carbonyl (C=O) groups excluding carboxylic acids is 1. The largest absolute Gasteiger partial charge is 0.497 e. The number of rotatable bonds is 5. The molecule has 2 aromatic rings. The van der Waals surface area contributed by atoms with Crippen molar-refractivity contribution in [2.75, 3.05) is 20.7 Å². The third-order valence-corrected chi connectivity index (χ3v) is 3.86. The van der Waals surface area contributed by atoms with E-state index in [1.807, 2.05) is 30.3 Å². The molecule has 1 aromatic heterocycles. The molecule has 0 fully saturated rings. The van der Waals surface area contributed by atoms with Crippen LogP contribution in [0.3, 0.4) is 0 Å². The van der Waals surface area contributed by atoms with Gasteiger partial charge in [-0.25, -0.2) is 4.98 Å². The summed E-state index contributed by atoms with van der Waals surface area (Å²) < 4.78 is 5.11. The lowest BCUT2D eigenvalue weighted by molar-refractivity contribution is 0.0793. The van der Waals surface area contributed by atoms with Crippen molar-refractivity contribution in [3.05, 3.63) is 35.3 Å². The predicted octanol–water partition coefficient (Wildman–Crippen LogP) is 2.80. The molecule has 0 N–H and O–H groups in total. The third-order valence-electron chi connectivity index (χ3n) is 2.97. The van der Waals surface area contributed by atoms with E-state index in [0.717, 1.165) is 16.3 Å². The first kappa shape index (κ1) is 15.0. The Hall–Kier alpha value is -2.39. The van der Waals surface area contributed by atoms with Gasteiger partial charge in [-0.05, 0) is 24.3 Å². The Bertz CT molecular complexity index is 658. The molecule has 1 aromatic carbocycles. The molecule has 0 unspecified atom stereocenters. The van der Waals surface area contributed by atoms with Gasteiger partial charge in [-0.15, -0.1) is 11.3 Å². The fraction of sp³-hybridized carbons (Fsp3) is 0.267. The number of ether oxygens (including phenoxy) is 1. The van der Waals surface area contributed by atoms with Gasteiger partial charge < -0.3 is 9.64 Å². The number of methoxy groups -OCH3 is 1. The summed E-state index contributed by atoms with van der Waals surface area (Å²) >= 11 is 1.42. The van der Waals surface area contributed by atoms with Gasteiger partial charge in [0.2, 0.25) is 0 Å². The average Bonchev–Trinajstić information content (AvgIpc) is 3.01. The van der Waals surface area contributed by atoms with E-state index in [4.69, 9.17) is 10.00 Å². The fourth-order valence-corrected chi connectivity index (χ4v) is 2.55. The number of thiazole rings is 1. The topological polar surface area (TPSA) is 66.2 Å². The first-order chi connectivity index (χ1) is 10.2. The van der Waals surface area contributed by atoms with Crippen LogP contribution in [0.4, 0.5) is 0 Å². The zero-order valence-electron chi connectivity index (χ0n) is 11.9. The van der Waals surface area contributed by atoms with E-state index in [2.05, 4.69) is 4.98 Å². The number of carbonyl (C=O) groups is 1. The summed E-state index contributed by atoms with van der Waals surface area (Å²) in [5.41, 5.74) is 1.35. The number of hydrogen-bond donors (Lipinski definition) is 0. The van der Waals surface area contributed by atoms with Crippen LogP contribution in [-0.2, 0) is 0 Å². The normalized spacial score (nSPS) is 9.95. The minimum atomic E-state index is -0.165. The fourth-order valence-electron chi connectivity index (χ4n) is 1.75. The quantitative estimate of drug-likeness (QED) is 0.851. The minimum absolute atomic E-state index is 0.165. The maximum atomic E-state index is 12.1. The number of hydrogen-bond acceptors (Lipinski definition) is 5. The van der Waals surface area contributed by atoms with Crippen molar-refractivity contribution < 1.29 is 9.53 Å². The van der Waals surface area contributed by atoms with Gasteiger partial charge in [0.15, 0.2) is 0 Å². The second-order valence-electron chi connectivity index (χ2n) is 4.40. The van der Waals surface area contributed by atoms with Crippen LogP contribution in [0.1, 0.15) is 16.9 Å². The minimum Gasteiger partial charge on any atom is -0.497 e. The van der Waals surface area contributed by atoms with Crippen molar-refractivity contribution in [1.82, 2.24) is 9.88 Å². The van der Waals surface area contributed by atoms with E-state index in [1.165, 1.54) is 16.2 Å². The Labute approximate surface area is 127 Å². The number of aromatic nitrogens is 1. The lowest BCUT2D eigenvalue weighted by Gasteiger charge is -2.13. The number of benzene rings is 1. The van der Waals surface area contributed by atoms with E-state index < -0.39 is 0 Å². The Balaban J connectivity index is 2.13. The summed E-state index contributed by atoms with van der Waals surface area (Å²) in [5.74, 6) is 0.615. The van der Waals surface area contributed by atoms with Crippen LogP contribution in [0.5, 0.6) is 5.75 Å². The van der Waals surface area contributed by atoms with Crippen LogP contribution in [0, 0.1) is 11.3 Å². The molecule has 0 saturated carbocycles. The van der Waals surface area contributed by atoms with E-state index in [-0.39, 0.29) is 5.91 Å². The molecular formula is C15H15N3O2S. The highest BCUT2D eigenvalue weighted by Crippen LogP contribution is 2.26. The molecule has 21 heavy (non-hydrogen) atoms. The zero-order valence-corrected chi connectivity index (χ0v) is 12.7. The van der Waals surface area contributed by atoms with Gasteiger partial charge in [-0.3, -0.25) is 4.79 Å². The lowest BCUT2D eigenvalue weighted by atomic mass is 10.2. The van der Waals surface area contributed by atoms with Crippen molar-refractivity contribution >= 4 is 17.2 Å². The van der Waals surface area contributed by atoms with Crippen LogP contribution >= 0.6 is 11.3 Å². The average molecular weight is 301 g/mol. The Kier molecular flexibility index (Phi) is 4.90. The Morgan fingerprint density at radius 3 is 2.76 bits per heavy atom. The van der Waals surface area contributed by atoms with Crippen LogP contribution in [0.15, 0.2) is 29.6 Å². The van der Waals surface area contributed by atoms with Gasteiger partial charge in [0.05, 0.1) is 19.6 Å². The SMILES string of the molecule is COc1ccc(-c2nc(C(=O)N(C)CCC#N)cs2)cc1. The molecule has 0 aliphatic heterocycles. The van der Waals surface area contributed by atoms with Crippen molar-refractivity contribution in [2.45, 2.75) is 6.42 Å². The van der Waals surface area contributed by atoms with Crippen LogP contribution < -0.4 is 4.74 Å². The highest BCUT2D eigenvalue weighted by molar-refractivity contribution is 7.13. The molecule has 0 atom stereocenters. The third kappa shape index (κ3) is 3.58. The van der Waals surface area contributed by atoms with Gasteiger partial charge in [0.1, 0.15) is 16.5 Å². The molecule has 5 nitrogen and oxygen atoms in total. The van der Waals surface area contributed by atoms with Crippen LogP contribution in [0.2, 0.25) is 0 Å². The molecular weight excluding hydrogens is 286 g/mol. The molecule has 0 aliphatic carbocycles. The number of amides is 1. The number of nitrogens with zero attached hydrogens (tertiary/aromatic N) is 3. The summed E-state index contributed by atoms with van der Waals surface area (Å²) in [7, 11) is 3.29. The standard InChI is InChI=1S/C15H15N3O2S/c1-18(9-3-8-16)15(19)13-10-21-14(17-13)11-4-6-12(20-2)7-5-11/h4-7,10H,3,9H2,1-2H3. The maximum Gasteiger partial charge on any atom is 0.273 e. The van der Waals surface area contributed by atoms with Crippen molar-refractivity contribution in [3.8, 4) is 22.4 Å². The number of nitriles is 1. The van der Waals surface area contributed by atoms with Gasteiger partial charge in [-0.2, -0.15) is 5.26 Å². The monoisotopic (exact) mass is 301 g/mol. The smallest absolute Gasteiger partial charge is 0.273 e. The van der Waals surface area contributed by atoms with Gasteiger partial charge >= 0.3 is 0 Å². The molecule has 0 radical (unpaired) electrons. The molecule has 0 spiro atoms. The predicted molar refractivity (Wildman–Crippen MR) is 81.3 cm³/mol. The second-order valence-corrected chi connectivity index (χ2v) is 5.26. The van der Waals surface area contributed by atoms with E-state index in [0.29, 0.717) is 18.7 Å². The Morgan fingerprint density at radius 1 is 1.43 bits per heavy atom. The first-order valence-corrected chi connectivity index (χ1v) is 7.26. The molecule has 0 bridgehead atoms. The van der Waals surface area contributed by atoms with E-state index in [9.17, 15) is 4.79 Å². The van der Waals surface area contributed by atoms with Crippen molar-refractivity contribution in [1.29, 1.82) is 5.26 Å². The Morgan fingerprint density at radius 2 is 2.14 bits per heavy atom. The second kappa shape index (κ2) is 6.86. The van der Waals surface area contributed by atoms with Crippen molar-refractivity contribution in [2.24, 2.45) is 0 Å². The molecule has 1 heterocycles. The van der Waals surface area contributed by atoms with E-state index in [1.54, 1.807) is 19.5 Å². The molecule has 6 heteroatoms. The maximum absolute atomic E-state index is 12.1. The lowest BCUT2D eigenvalue weighted by Crippen LogP contribution is -2.27. The molecule has 2 rings (SSSR count). The summed E-state index contributed by atoms with van der Waals surface area (Å²) in [6.07, 6.45) is 0.317. The first-order valence-electron chi connectivity index (χ1n) is 6.38. The van der Waals surface area contributed by atoms with E-state index >= 15 is 0 Å². The van der Waals surface area contributed by atoms with Crippen molar-refractivity contribution in [3.63, 3.8) is 0 Å². The summed E-state index contributed by atoms with van der Waals surface area (Å²) in [4.78, 5) is 18.0. The zero-order chi connectivity index (χ0) is 15.2. The molecule has 0 saturated heterocycles. The summed E-state index contributed by atoms with van der Waals surface area (Å²) in [6, 6.07) is 9.56. The van der Waals surface area contributed by atoms with Gasteiger partial charge in [-0.1, -0.05) is 0 Å². The van der Waals surface area contributed by atoms with Gasteiger partial charge in [0, 0.05) is 24.5 Å². The summed E-state index contributed by atoms with van der Waals surface area (Å²) in [6.45, 7) is 0.407. The molecule has 1 amide bonds. The van der Waals surface area contributed by atoms with Crippen LogP contribution in [0.25, 0.3) is 10.6 Å². The van der Waals surface area contributed by atoms with Crippen LogP contribution in [-0.4, -0.2) is 36.5 Å². The summed E-state index contributed by atoms with van der Waals surface area (Å²) in [5, 5.41) is 11.1. The highest BCUT2D eigenvalue weighted by atomic mass is 32.1. The molecule has 0 aliphatic rings.